The highest BCUT2D eigenvalue weighted by Crippen LogP contribution is 2.40. The second kappa shape index (κ2) is 6.64. The lowest BCUT2D eigenvalue weighted by molar-refractivity contribution is 0.385. The first-order valence-electron chi connectivity index (χ1n) is 5.53. The van der Waals surface area contributed by atoms with Gasteiger partial charge >= 0.3 is 0 Å². The monoisotopic (exact) mass is 364 g/mol. The van der Waals surface area contributed by atoms with Gasteiger partial charge in [0.2, 0.25) is 0 Å². The number of ether oxygens (including phenoxy) is 2. The lowest BCUT2D eigenvalue weighted by Crippen LogP contribution is -2.02. The van der Waals surface area contributed by atoms with E-state index in [-0.39, 0.29) is 0 Å². The van der Waals surface area contributed by atoms with Crippen LogP contribution in [0.2, 0.25) is 0 Å². The van der Waals surface area contributed by atoms with Crippen LogP contribution < -0.4 is 9.47 Å². The largest absolute Gasteiger partial charge is 0.496 e. The zero-order chi connectivity index (χ0) is 13.0. The summed E-state index contributed by atoms with van der Waals surface area (Å²) >= 11 is 7.09. The smallest absolute Gasteiger partial charge is 0.141 e. The molecule has 2 nitrogen and oxygen atoms in total. The van der Waals surface area contributed by atoms with E-state index in [4.69, 9.17) is 9.47 Å². The van der Waals surface area contributed by atoms with Crippen molar-refractivity contribution >= 4 is 31.9 Å². The van der Waals surface area contributed by atoms with E-state index < -0.39 is 0 Å². The SMILES string of the molecule is COc1cc(CC(C)C)c(Br)c(OC)c1CBr. The van der Waals surface area contributed by atoms with Crippen molar-refractivity contribution in [2.24, 2.45) is 5.92 Å². The Labute approximate surface area is 120 Å². The highest BCUT2D eigenvalue weighted by Gasteiger charge is 2.17. The molecule has 0 aromatic heterocycles. The second-order valence-corrected chi connectivity index (χ2v) is 5.65. The second-order valence-electron chi connectivity index (χ2n) is 4.30. The lowest BCUT2D eigenvalue weighted by Gasteiger charge is -2.17. The molecule has 0 aliphatic carbocycles. The quantitative estimate of drug-likeness (QED) is 0.712. The predicted molar refractivity (Wildman–Crippen MR) is 78.4 cm³/mol. The van der Waals surface area contributed by atoms with E-state index >= 15 is 0 Å². The molecule has 0 amide bonds. The summed E-state index contributed by atoms with van der Waals surface area (Å²) < 4.78 is 11.9. The number of benzene rings is 1. The Morgan fingerprint density at radius 3 is 2.29 bits per heavy atom. The summed E-state index contributed by atoms with van der Waals surface area (Å²) in [5.74, 6) is 2.32. The van der Waals surface area contributed by atoms with Crippen molar-refractivity contribution in [2.45, 2.75) is 25.6 Å². The molecule has 0 aliphatic rings. The average Bonchev–Trinajstić information content (AvgIpc) is 2.30. The Balaban J connectivity index is 3.34. The van der Waals surface area contributed by atoms with E-state index in [1.807, 2.05) is 0 Å². The molecule has 4 heteroatoms. The summed E-state index contributed by atoms with van der Waals surface area (Å²) in [6, 6.07) is 2.09. The normalized spacial score (nSPS) is 10.8. The van der Waals surface area contributed by atoms with Crippen LogP contribution in [0.3, 0.4) is 0 Å². The molecular weight excluding hydrogens is 348 g/mol. The van der Waals surface area contributed by atoms with Gasteiger partial charge < -0.3 is 9.47 Å². The first kappa shape index (κ1) is 14.8. The van der Waals surface area contributed by atoms with Gasteiger partial charge in [-0.2, -0.15) is 0 Å². The van der Waals surface area contributed by atoms with Gasteiger partial charge in [-0.25, -0.2) is 0 Å². The van der Waals surface area contributed by atoms with Gasteiger partial charge in [-0.3, -0.25) is 0 Å². The molecule has 0 saturated heterocycles. The molecule has 0 fully saturated rings. The van der Waals surface area contributed by atoms with E-state index in [1.165, 1.54) is 5.56 Å². The standard InChI is InChI=1S/C13H18Br2O2/c1-8(2)5-9-6-11(16-3)10(7-14)13(17-4)12(9)15/h6,8H,5,7H2,1-4H3. The van der Waals surface area contributed by atoms with Crippen LogP contribution in [0.5, 0.6) is 11.5 Å². The molecule has 17 heavy (non-hydrogen) atoms. The Morgan fingerprint density at radius 2 is 1.88 bits per heavy atom. The highest BCUT2D eigenvalue weighted by molar-refractivity contribution is 9.10. The number of hydrogen-bond acceptors (Lipinski definition) is 2. The number of hydrogen-bond donors (Lipinski definition) is 0. The van der Waals surface area contributed by atoms with Crippen LogP contribution in [0, 0.1) is 5.92 Å². The van der Waals surface area contributed by atoms with Crippen molar-refractivity contribution in [1.82, 2.24) is 0 Å². The minimum Gasteiger partial charge on any atom is -0.496 e. The summed E-state index contributed by atoms with van der Waals surface area (Å²) in [7, 11) is 3.37. The molecule has 0 atom stereocenters. The molecule has 1 aromatic rings. The number of rotatable bonds is 5. The number of alkyl halides is 1. The van der Waals surface area contributed by atoms with E-state index in [1.54, 1.807) is 14.2 Å². The van der Waals surface area contributed by atoms with Gasteiger partial charge in [0.25, 0.3) is 0 Å². The molecule has 0 spiro atoms. The molecule has 0 aliphatic heterocycles. The third kappa shape index (κ3) is 3.38. The van der Waals surface area contributed by atoms with Gasteiger partial charge in [-0.05, 0) is 39.9 Å². The minimum absolute atomic E-state index is 0.593. The van der Waals surface area contributed by atoms with Crippen LogP contribution >= 0.6 is 31.9 Å². The molecule has 1 aromatic carbocycles. The summed E-state index contributed by atoms with van der Waals surface area (Å²) in [6.07, 6.45) is 0.996. The predicted octanol–water partition coefficient (Wildman–Crippen LogP) is 4.56. The Bertz CT molecular complexity index is 389. The average molecular weight is 366 g/mol. The molecule has 1 rings (SSSR count). The summed E-state index contributed by atoms with van der Waals surface area (Å²) in [5, 5.41) is 0.708. The van der Waals surface area contributed by atoms with Crippen LogP contribution in [0.1, 0.15) is 25.0 Å². The van der Waals surface area contributed by atoms with Crippen LogP contribution in [0.25, 0.3) is 0 Å². The molecule has 0 unspecified atom stereocenters. The van der Waals surface area contributed by atoms with Crippen LogP contribution in [0.15, 0.2) is 10.5 Å². The van der Waals surface area contributed by atoms with Gasteiger partial charge in [0.05, 0.1) is 18.7 Å². The third-order valence-electron chi connectivity index (χ3n) is 2.54. The van der Waals surface area contributed by atoms with E-state index in [2.05, 4.69) is 51.8 Å². The Kier molecular flexibility index (Phi) is 5.80. The minimum atomic E-state index is 0.593. The first-order chi connectivity index (χ1) is 8.04. The van der Waals surface area contributed by atoms with Crippen LogP contribution in [-0.2, 0) is 11.8 Å². The Morgan fingerprint density at radius 1 is 1.24 bits per heavy atom. The molecule has 0 saturated carbocycles. The maximum absolute atomic E-state index is 5.47. The fraction of sp³-hybridized carbons (Fsp3) is 0.538. The van der Waals surface area contributed by atoms with Crippen molar-refractivity contribution < 1.29 is 9.47 Å². The topological polar surface area (TPSA) is 18.5 Å². The molecule has 0 N–H and O–H groups in total. The molecule has 0 heterocycles. The van der Waals surface area contributed by atoms with Gasteiger partial charge in [0.15, 0.2) is 0 Å². The van der Waals surface area contributed by atoms with Gasteiger partial charge in [0, 0.05) is 10.9 Å². The summed E-state index contributed by atoms with van der Waals surface area (Å²) in [6.45, 7) is 4.40. The van der Waals surface area contributed by atoms with Gasteiger partial charge in [0.1, 0.15) is 11.5 Å². The van der Waals surface area contributed by atoms with E-state index in [0.29, 0.717) is 11.2 Å². The molecule has 96 valence electrons. The molecule has 0 radical (unpaired) electrons. The molecular formula is C13H18Br2O2. The zero-order valence-electron chi connectivity index (χ0n) is 10.6. The number of methoxy groups -OCH3 is 2. The van der Waals surface area contributed by atoms with Crippen LogP contribution in [-0.4, -0.2) is 14.2 Å². The summed E-state index contributed by atoms with van der Waals surface area (Å²) in [4.78, 5) is 0. The van der Waals surface area contributed by atoms with Crippen molar-refractivity contribution in [3.05, 3.63) is 21.7 Å². The summed E-state index contributed by atoms with van der Waals surface area (Å²) in [5.41, 5.74) is 2.26. The fourth-order valence-electron chi connectivity index (χ4n) is 1.81. The maximum Gasteiger partial charge on any atom is 0.141 e. The van der Waals surface area contributed by atoms with E-state index in [9.17, 15) is 0 Å². The first-order valence-corrected chi connectivity index (χ1v) is 7.44. The lowest BCUT2D eigenvalue weighted by atomic mass is 10.0. The van der Waals surface area contributed by atoms with Gasteiger partial charge in [-0.15, -0.1) is 0 Å². The van der Waals surface area contributed by atoms with Crippen molar-refractivity contribution in [1.29, 1.82) is 0 Å². The maximum atomic E-state index is 5.47. The van der Waals surface area contributed by atoms with Gasteiger partial charge in [-0.1, -0.05) is 29.8 Å². The Hall–Kier alpha value is -0.220. The van der Waals surface area contributed by atoms with E-state index in [0.717, 1.165) is 28.0 Å². The van der Waals surface area contributed by atoms with Crippen molar-refractivity contribution in [3.8, 4) is 11.5 Å². The number of halogens is 2. The fourth-order valence-corrected chi connectivity index (χ4v) is 3.02. The van der Waals surface area contributed by atoms with Crippen LogP contribution in [0.4, 0.5) is 0 Å². The zero-order valence-corrected chi connectivity index (χ0v) is 13.8. The van der Waals surface area contributed by atoms with Crippen molar-refractivity contribution in [2.75, 3.05) is 14.2 Å². The third-order valence-corrected chi connectivity index (χ3v) is 3.97. The molecule has 0 bridgehead atoms. The highest BCUT2D eigenvalue weighted by atomic mass is 79.9. The van der Waals surface area contributed by atoms with Crippen molar-refractivity contribution in [3.63, 3.8) is 0 Å².